The van der Waals surface area contributed by atoms with Crippen molar-refractivity contribution < 1.29 is 9.84 Å². The topological polar surface area (TPSA) is 84.0 Å². The van der Waals surface area contributed by atoms with E-state index in [-0.39, 0.29) is 6.61 Å². The SMILES string of the molecule is Cc1ccc(-n2cnnc2SCC(O)COc2ccc(C#N)cc2)c(C)c1. The van der Waals surface area contributed by atoms with E-state index in [4.69, 9.17) is 10.00 Å². The lowest BCUT2D eigenvalue weighted by Gasteiger charge is -2.13. The van der Waals surface area contributed by atoms with Crippen molar-refractivity contribution in [1.29, 1.82) is 5.26 Å². The van der Waals surface area contributed by atoms with Gasteiger partial charge in [-0.2, -0.15) is 5.26 Å². The lowest BCUT2D eigenvalue weighted by Crippen LogP contribution is -2.20. The predicted molar refractivity (Wildman–Crippen MR) is 104 cm³/mol. The number of aromatic nitrogens is 3. The number of hydrogen-bond donors (Lipinski definition) is 1. The molecule has 1 aromatic heterocycles. The van der Waals surface area contributed by atoms with Crippen LogP contribution in [0, 0.1) is 25.2 Å². The van der Waals surface area contributed by atoms with Crippen LogP contribution in [0.25, 0.3) is 5.69 Å². The Kier molecular flexibility index (Phi) is 6.12. The number of hydrogen-bond acceptors (Lipinski definition) is 6. The van der Waals surface area contributed by atoms with Gasteiger partial charge in [0.2, 0.25) is 0 Å². The molecule has 7 heteroatoms. The van der Waals surface area contributed by atoms with Gasteiger partial charge in [-0.3, -0.25) is 4.57 Å². The van der Waals surface area contributed by atoms with Crippen molar-refractivity contribution in [3.05, 3.63) is 65.5 Å². The van der Waals surface area contributed by atoms with Crippen molar-refractivity contribution in [2.24, 2.45) is 0 Å². The zero-order valence-electron chi connectivity index (χ0n) is 15.2. The number of aliphatic hydroxyl groups is 1. The average Bonchev–Trinajstić information content (AvgIpc) is 3.13. The van der Waals surface area contributed by atoms with E-state index in [2.05, 4.69) is 42.2 Å². The van der Waals surface area contributed by atoms with Gasteiger partial charge in [0, 0.05) is 5.75 Å². The maximum atomic E-state index is 10.2. The Labute approximate surface area is 162 Å². The summed E-state index contributed by atoms with van der Waals surface area (Å²) in [5, 5.41) is 27.9. The van der Waals surface area contributed by atoms with E-state index >= 15 is 0 Å². The monoisotopic (exact) mass is 380 g/mol. The fraction of sp³-hybridized carbons (Fsp3) is 0.250. The predicted octanol–water partition coefficient (Wildman–Crippen LogP) is 3.29. The Balaban J connectivity index is 1.57. The number of ether oxygens (including phenoxy) is 1. The first-order valence-electron chi connectivity index (χ1n) is 8.48. The molecule has 3 rings (SSSR count). The van der Waals surface area contributed by atoms with Gasteiger partial charge in [0.15, 0.2) is 5.16 Å². The molecule has 1 unspecified atom stereocenters. The maximum absolute atomic E-state index is 10.2. The van der Waals surface area contributed by atoms with E-state index in [0.29, 0.717) is 17.1 Å². The van der Waals surface area contributed by atoms with Gasteiger partial charge < -0.3 is 9.84 Å². The maximum Gasteiger partial charge on any atom is 0.195 e. The van der Waals surface area contributed by atoms with Crippen LogP contribution in [0.1, 0.15) is 16.7 Å². The van der Waals surface area contributed by atoms with Gasteiger partial charge in [-0.15, -0.1) is 10.2 Å². The van der Waals surface area contributed by atoms with Crippen molar-refractivity contribution in [1.82, 2.24) is 14.8 Å². The van der Waals surface area contributed by atoms with Crippen LogP contribution in [-0.2, 0) is 0 Å². The van der Waals surface area contributed by atoms with Gasteiger partial charge in [0.1, 0.15) is 18.7 Å². The molecule has 2 aromatic carbocycles. The van der Waals surface area contributed by atoms with Crippen LogP contribution in [0.3, 0.4) is 0 Å². The van der Waals surface area contributed by atoms with Crippen molar-refractivity contribution in [3.63, 3.8) is 0 Å². The highest BCUT2D eigenvalue weighted by atomic mass is 32.2. The molecule has 0 bridgehead atoms. The second-order valence-electron chi connectivity index (χ2n) is 6.19. The molecule has 0 aliphatic carbocycles. The summed E-state index contributed by atoms with van der Waals surface area (Å²) in [6.45, 7) is 4.27. The lowest BCUT2D eigenvalue weighted by atomic mass is 10.1. The Morgan fingerprint density at radius 1 is 1.22 bits per heavy atom. The molecule has 6 nitrogen and oxygen atoms in total. The molecule has 0 fully saturated rings. The molecule has 0 aliphatic heterocycles. The van der Waals surface area contributed by atoms with Crippen molar-refractivity contribution in [2.75, 3.05) is 12.4 Å². The highest BCUT2D eigenvalue weighted by molar-refractivity contribution is 7.99. The minimum absolute atomic E-state index is 0.163. The molecule has 1 N–H and O–H groups in total. The third-order valence-electron chi connectivity index (χ3n) is 3.96. The minimum Gasteiger partial charge on any atom is -0.491 e. The molecule has 138 valence electrons. The Morgan fingerprint density at radius 3 is 2.70 bits per heavy atom. The molecule has 27 heavy (non-hydrogen) atoms. The molecule has 1 heterocycles. The van der Waals surface area contributed by atoms with E-state index in [0.717, 1.165) is 16.4 Å². The van der Waals surface area contributed by atoms with Crippen LogP contribution in [0.5, 0.6) is 5.75 Å². The van der Waals surface area contributed by atoms with Crippen molar-refractivity contribution in [2.45, 2.75) is 25.1 Å². The summed E-state index contributed by atoms with van der Waals surface area (Å²) in [6, 6.07) is 15.1. The number of aryl methyl sites for hydroxylation is 2. The molecule has 0 amide bonds. The van der Waals surface area contributed by atoms with Crippen LogP contribution in [0.2, 0.25) is 0 Å². The van der Waals surface area contributed by atoms with E-state index in [1.54, 1.807) is 30.6 Å². The molecule has 0 saturated carbocycles. The summed E-state index contributed by atoms with van der Waals surface area (Å²) < 4.78 is 7.49. The van der Waals surface area contributed by atoms with Crippen LogP contribution < -0.4 is 4.74 Å². The summed E-state index contributed by atoms with van der Waals surface area (Å²) >= 11 is 1.43. The average molecular weight is 380 g/mol. The highest BCUT2D eigenvalue weighted by Crippen LogP contribution is 2.23. The fourth-order valence-electron chi connectivity index (χ4n) is 2.60. The number of benzene rings is 2. The number of rotatable bonds is 7. The van der Waals surface area contributed by atoms with E-state index in [9.17, 15) is 5.11 Å². The molecule has 0 radical (unpaired) electrons. The largest absolute Gasteiger partial charge is 0.491 e. The van der Waals surface area contributed by atoms with Crippen LogP contribution >= 0.6 is 11.8 Å². The summed E-state index contributed by atoms with van der Waals surface area (Å²) in [5.74, 6) is 1.05. The highest BCUT2D eigenvalue weighted by Gasteiger charge is 2.13. The van der Waals surface area contributed by atoms with E-state index in [1.807, 2.05) is 10.6 Å². The molecule has 0 saturated heterocycles. The van der Waals surface area contributed by atoms with Gasteiger partial charge in [-0.05, 0) is 49.7 Å². The molecule has 0 spiro atoms. The van der Waals surface area contributed by atoms with Crippen LogP contribution in [-0.4, -0.2) is 38.3 Å². The Hall–Kier alpha value is -2.82. The smallest absolute Gasteiger partial charge is 0.195 e. The summed E-state index contributed by atoms with van der Waals surface area (Å²) in [4.78, 5) is 0. The minimum atomic E-state index is -0.657. The van der Waals surface area contributed by atoms with Gasteiger partial charge in [-0.1, -0.05) is 29.5 Å². The summed E-state index contributed by atoms with van der Waals surface area (Å²) in [5.41, 5.74) is 3.94. The molecule has 0 aliphatic rings. The van der Waals surface area contributed by atoms with Crippen LogP contribution in [0.15, 0.2) is 53.9 Å². The van der Waals surface area contributed by atoms with E-state index < -0.39 is 6.10 Å². The molecule has 3 aromatic rings. The Morgan fingerprint density at radius 2 is 2.00 bits per heavy atom. The normalized spacial score (nSPS) is 11.8. The zero-order chi connectivity index (χ0) is 19.2. The van der Waals surface area contributed by atoms with Crippen molar-refractivity contribution >= 4 is 11.8 Å². The second kappa shape index (κ2) is 8.71. The fourth-order valence-corrected chi connectivity index (χ4v) is 3.43. The molecular weight excluding hydrogens is 360 g/mol. The second-order valence-corrected chi connectivity index (χ2v) is 7.17. The van der Waals surface area contributed by atoms with Gasteiger partial charge in [0.25, 0.3) is 0 Å². The standard InChI is InChI=1S/C20H20N4O2S/c1-14-3-8-19(15(2)9-14)24-13-22-23-20(24)27-12-17(25)11-26-18-6-4-16(10-21)5-7-18/h3-9,13,17,25H,11-12H2,1-2H3. The Bertz CT molecular complexity index is 947. The lowest BCUT2D eigenvalue weighted by molar-refractivity contribution is 0.126. The van der Waals surface area contributed by atoms with E-state index in [1.165, 1.54) is 17.3 Å². The van der Waals surface area contributed by atoms with Gasteiger partial charge in [-0.25, -0.2) is 0 Å². The molecule has 1 atom stereocenters. The number of thioether (sulfide) groups is 1. The number of nitriles is 1. The van der Waals surface area contributed by atoms with Crippen molar-refractivity contribution in [3.8, 4) is 17.5 Å². The summed E-state index contributed by atoms with van der Waals surface area (Å²) in [6.07, 6.45) is 1.02. The molecular formula is C20H20N4O2S. The third-order valence-corrected chi connectivity index (χ3v) is 5.05. The third kappa shape index (κ3) is 4.88. The first-order chi connectivity index (χ1) is 13.1. The van der Waals surface area contributed by atoms with Crippen LogP contribution in [0.4, 0.5) is 0 Å². The summed E-state index contributed by atoms with van der Waals surface area (Å²) in [7, 11) is 0. The first-order valence-corrected chi connectivity index (χ1v) is 9.47. The quantitative estimate of drug-likeness (QED) is 0.633. The van der Waals surface area contributed by atoms with Gasteiger partial charge >= 0.3 is 0 Å². The number of nitrogens with zero attached hydrogens (tertiary/aromatic N) is 4. The number of aliphatic hydroxyl groups excluding tert-OH is 1. The first kappa shape index (κ1) is 19.0. The zero-order valence-corrected chi connectivity index (χ0v) is 16.0. The van der Waals surface area contributed by atoms with Gasteiger partial charge in [0.05, 0.1) is 23.4 Å².